The molecule has 1 aliphatic rings. The van der Waals surface area contributed by atoms with Crippen molar-refractivity contribution in [2.45, 2.75) is 25.8 Å². The van der Waals surface area contributed by atoms with Gasteiger partial charge in [-0.25, -0.2) is 0 Å². The van der Waals surface area contributed by atoms with Crippen LogP contribution in [-0.2, 0) is 0 Å². The van der Waals surface area contributed by atoms with Gasteiger partial charge in [0.2, 0.25) is 0 Å². The molecular weight excluding hydrogens is 301 g/mol. The van der Waals surface area contributed by atoms with Crippen molar-refractivity contribution in [2.75, 3.05) is 25.0 Å². The zero-order valence-electron chi connectivity index (χ0n) is 11.2. The van der Waals surface area contributed by atoms with Gasteiger partial charge >= 0.3 is 0 Å². The SMILES string of the molecule is CC(CNc1cc(Cl)c(Cl)cc1[N+](=O)[O-])N1CCCC1. The summed E-state index contributed by atoms with van der Waals surface area (Å²) in [6.45, 7) is 4.93. The minimum atomic E-state index is -0.453. The van der Waals surface area contributed by atoms with Crippen LogP contribution in [0.3, 0.4) is 0 Å². The Morgan fingerprint density at radius 3 is 2.55 bits per heavy atom. The molecule has 7 heteroatoms. The van der Waals surface area contributed by atoms with Gasteiger partial charge in [-0.3, -0.25) is 15.0 Å². The molecule has 2 rings (SSSR count). The molecule has 0 bridgehead atoms. The molecule has 0 radical (unpaired) electrons. The van der Waals surface area contributed by atoms with Gasteiger partial charge in [0, 0.05) is 18.7 Å². The van der Waals surface area contributed by atoms with Crippen LogP contribution in [0.5, 0.6) is 0 Å². The molecule has 0 aromatic heterocycles. The molecule has 1 aromatic carbocycles. The number of halogens is 2. The van der Waals surface area contributed by atoms with Gasteiger partial charge in [0.25, 0.3) is 5.69 Å². The fraction of sp³-hybridized carbons (Fsp3) is 0.538. The third kappa shape index (κ3) is 3.53. The zero-order chi connectivity index (χ0) is 14.7. The zero-order valence-corrected chi connectivity index (χ0v) is 12.7. The molecule has 1 N–H and O–H groups in total. The van der Waals surface area contributed by atoms with Crippen LogP contribution in [0.2, 0.25) is 10.0 Å². The molecule has 1 aromatic rings. The molecule has 1 heterocycles. The van der Waals surface area contributed by atoms with E-state index in [1.165, 1.54) is 25.0 Å². The van der Waals surface area contributed by atoms with E-state index >= 15 is 0 Å². The Bertz CT molecular complexity index is 505. The summed E-state index contributed by atoms with van der Waals surface area (Å²) in [4.78, 5) is 13.0. The Balaban J connectivity index is 2.08. The summed E-state index contributed by atoms with van der Waals surface area (Å²) in [5, 5.41) is 14.7. The predicted molar refractivity (Wildman–Crippen MR) is 81.9 cm³/mol. The minimum absolute atomic E-state index is 0.0481. The first-order valence-corrected chi connectivity index (χ1v) is 7.36. The molecule has 0 amide bonds. The second kappa shape index (κ2) is 6.61. The van der Waals surface area contributed by atoms with Crippen LogP contribution in [0.4, 0.5) is 11.4 Å². The number of hydrogen-bond acceptors (Lipinski definition) is 4. The lowest BCUT2D eigenvalue weighted by Gasteiger charge is -2.24. The summed E-state index contributed by atoms with van der Waals surface area (Å²) in [5.41, 5.74) is 0.364. The van der Waals surface area contributed by atoms with E-state index in [-0.39, 0.29) is 10.7 Å². The third-order valence-corrected chi connectivity index (χ3v) is 4.31. The average Bonchev–Trinajstić information content (AvgIpc) is 2.93. The first kappa shape index (κ1) is 15.4. The molecule has 0 spiro atoms. The normalized spacial score (nSPS) is 17.1. The van der Waals surface area contributed by atoms with Crippen molar-refractivity contribution in [3.63, 3.8) is 0 Å². The van der Waals surface area contributed by atoms with Crippen molar-refractivity contribution in [2.24, 2.45) is 0 Å². The molecular formula is C13H17Cl2N3O2. The maximum absolute atomic E-state index is 11.0. The molecule has 1 unspecified atom stereocenters. The van der Waals surface area contributed by atoms with E-state index in [4.69, 9.17) is 23.2 Å². The first-order chi connectivity index (χ1) is 9.49. The number of likely N-dealkylation sites (tertiary alicyclic amines) is 1. The number of hydrogen-bond donors (Lipinski definition) is 1. The van der Waals surface area contributed by atoms with E-state index in [0.717, 1.165) is 13.1 Å². The highest BCUT2D eigenvalue weighted by Gasteiger charge is 2.20. The summed E-state index contributed by atoms with van der Waals surface area (Å²) in [6.07, 6.45) is 2.44. The Morgan fingerprint density at radius 2 is 1.95 bits per heavy atom. The molecule has 20 heavy (non-hydrogen) atoms. The summed E-state index contributed by atoms with van der Waals surface area (Å²) in [5.74, 6) is 0. The van der Waals surface area contributed by atoms with Crippen LogP contribution in [0.15, 0.2) is 12.1 Å². The number of rotatable bonds is 5. The van der Waals surface area contributed by atoms with Crippen molar-refractivity contribution in [1.82, 2.24) is 4.90 Å². The number of nitro groups is 1. The highest BCUT2D eigenvalue weighted by Crippen LogP contribution is 2.34. The van der Waals surface area contributed by atoms with Gasteiger partial charge in [-0.05, 0) is 38.9 Å². The summed E-state index contributed by atoms with van der Waals surface area (Å²) in [7, 11) is 0. The summed E-state index contributed by atoms with van der Waals surface area (Å²) >= 11 is 11.8. The average molecular weight is 318 g/mol. The van der Waals surface area contributed by atoms with Crippen LogP contribution in [0, 0.1) is 10.1 Å². The summed E-state index contributed by atoms with van der Waals surface area (Å²) < 4.78 is 0. The quantitative estimate of drug-likeness (QED) is 0.663. The van der Waals surface area contributed by atoms with Gasteiger partial charge in [0.15, 0.2) is 0 Å². The maximum atomic E-state index is 11.0. The predicted octanol–water partition coefficient (Wildman–Crippen LogP) is 3.80. The number of benzene rings is 1. The Kier molecular flexibility index (Phi) is 5.07. The van der Waals surface area contributed by atoms with Gasteiger partial charge in [0.1, 0.15) is 5.69 Å². The molecule has 0 aliphatic carbocycles. The van der Waals surface area contributed by atoms with Crippen LogP contribution < -0.4 is 5.32 Å². The van der Waals surface area contributed by atoms with Gasteiger partial charge in [-0.1, -0.05) is 23.2 Å². The molecule has 1 fully saturated rings. The second-order valence-electron chi connectivity index (χ2n) is 5.01. The molecule has 110 valence electrons. The molecule has 5 nitrogen and oxygen atoms in total. The van der Waals surface area contributed by atoms with Gasteiger partial charge in [0.05, 0.1) is 15.0 Å². The highest BCUT2D eigenvalue weighted by molar-refractivity contribution is 6.42. The number of nitrogens with one attached hydrogen (secondary N) is 1. The third-order valence-electron chi connectivity index (χ3n) is 3.59. The van der Waals surface area contributed by atoms with Crippen molar-refractivity contribution in [3.8, 4) is 0 Å². The van der Waals surface area contributed by atoms with E-state index in [1.54, 1.807) is 0 Å². The van der Waals surface area contributed by atoms with E-state index < -0.39 is 4.92 Å². The smallest absolute Gasteiger partial charge is 0.293 e. The molecule has 1 atom stereocenters. The number of anilines is 1. The van der Waals surface area contributed by atoms with Gasteiger partial charge < -0.3 is 5.32 Å². The lowest BCUT2D eigenvalue weighted by Crippen LogP contribution is -2.35. The topological polar surface area (TPSA) is 58.4 Å². The van der Waals surface area contributed by atoms with E-state index in [1.807, 2.05) is 0 Å². The molecule has 1 aliphatic heterocycles. The van der Waals surface area contributed by atoms with Crippen molar-refractivity contribution in [1.29, 1.82) is 0 Å². The van der Waals surface area contributed by atoms with Crippen molar-refractivity contribution >= 4 is 34.6 Å². The van der Waals surface area contributed by atoms with Crippen molar-refractivity contribution < 1.29 is 4.92 Å². The van der Waals surface area contributed by atoms with E-state index in [0.29, 0.717) is 23.3 Å². The van der Waals surface area contributed by atoms with E-state index in [2.05, 4.69) is 17.1 Å². The molecule has 0 saturated carbocycles. The van der Waals surface area contributed by atoms with Crippen LogP contribution >= 0.6 is 23.2 Å². The minimum Gasteiger partial charge on any atom is -0.378 e. The fourth-order valence-corrected chi connectivity index (χ4v) is 2.72. The van der Waals surface area contributed by atoms with Gasteiger partial charge in [-0.2, -0.15) is 0 Å². The number of nitrogens with zero attached hydrogens (tertiary/aromatic N) is 2. The van der Waals surface area contributed by atoms with Crippen LogP contribution in [0.1, 0.15) is 19.8 Å². The first-order valence-electron chi connectivity index (χ1n) is 6.60. The molecule has 1 saturated heterocycles. The fourth-order valence-electron chi connectivity index (χ4n) is 2.40. The standard InChI is InChI=1S/C13H17Cl2N3O2/c1-9(17-4-2-3-5-17)8-16-12-6-10(14)11(15)7-13(12)18(19)20/h6-7,9,16H,2-5,8H2,1H3. The second-order valence-corrected chi connectivity index (χ2v) is 5.83. The lowest BCUT2D eigenvalue weighted by atomic mass is 10.2. The Morgan fingerprint density at radius 1 is 1.35 bits per heavy atom. The van der Waals surface area contributed by atoms with Crippen molar-refractivity contribution in [3.05, 3.63) is 32.3 Å². The van der Waals surface area contributed by atoms with Gasteiger partial charge in [-0.15, -0.1) is 0 Å². The lowest BCUT2D eigenvalue weighted by molar-refractivity contribution is -0.383. The van der Waals surface area contributed by atoms with Crippen LogP contribution in [0.25, 0.3) is 0 Å². The number of nitro benzene ring substituents is 1. The largest absolute Gasteiger partial charge is 0.378 e. The monoisotopic (exact) mass is 317 g/mol. The Labute approximate surface area is 128 Å². The van der Waals surface area contributed by atoms with Crippen LogP contribution in [-0.4, -0.2) is 35.5 Å². The Hall–Kier alpha value is -1.04. The maximum Gasteiger partial charge on any atom is 0.293 e. The summed E-state index contributed by atoms with van der Waals surface area (Å²) in [6, 6.07) is 3.12. The highest BCUT2D eigenvalue weighted by atomic mass is 35.5. The van der Waals surface area contributed by atoms with E-state index in [9.17, 15) is 10.1 Å².